The van der Waals surface area contributed by atoms with E-state index in [0.717, 1.165) is 11.3 Å². The molecule has 0 spiro atoms. The number of rotatable bonds is 2. The normalized spacial score (nSPS) is 10.3. The molecule has 0 bridgehead atoms. The number of amides is 2. The van der Waals surface area contributed by atoms with Crippen molar-refractivity contribution in [3.63, 3.8) is 0 Å². The Morgan fingerprint density at radius 2 is 1.95 bits per heavy atom. The van der Waals surface area contributed by atoms with E-state index >= 15 is 0 Å². The summed E-state index contributed by atoms with van der Waals surface area (Å²) in [5.41, 5.74) is 2.35. The number of aryl methyl sites for hydroxylation is 1. The minimum absolute atomic E-state index is 0.381. The van der Waals surface area contributed by atoms with E-state index in [2.05, 4.69) is 20.8 Å². The zero-order valence-corrected chi connectivity index (χ0v) is 11.9. The molecule has 1 aromatic carbocycles. The van der Waals surface area contributed by atoms with Crippen molar-refractivity contribution in [2.75, 3.05) is 10.6 Å². The first kappa shape index (κ1) is 13.7. The first-order chi connectivity index (χ1) is 8.97. The molecule has 19 heavy (non-hydrogen) atoms. The van der Waals surface area contributed by atoms with Crippen molar-refractivity contribution in [3.8, 4) is 0 Å². The summed E-state index contributed by atoms with van der Waals surface area (Å²) in [7, 11) is 0. The Morgan fingerprint density at radius 3 is 2.53 bits per heavy atom. The van der Waals surface area contributed by atoms with E-state index < -0.39 is 6.03 Å². The topological polar surface area (TPSA) is 69.8 Å². The first-order valence-corrected chi connectivity index (χ1v) is 6.27. The lowest BCUT2D eigenvalue weighted by Gasteiger charge is -2.07. The van der Waals surface area contributed by atoms with E-state index in [4.69, 9.17) is 23.2 Å². The van der Waals surface area contributed by atoms with Crippen molar-refractivity contribution in [2.24, 2.45) is 0 Å². The molecule has 1 aromatic heterocycles. The maximum Gasteiger partial charge on any atom is 0.324 e. The van der Waals surface area contributed by atoms with E-state index in [-0.39, 0.29) is 0 Å². The Bertz CT molecular complexity index is 624. The lowest BCUT2D eigenvalue weighted by atomic mass is 10.3. The van der Waals surface area contributed by atoms with Gasteiger partial charge in [-0.2, -0.15) is 5.10 Å². The molecule has 2 rings (SSSR count). The van der Waals surface area contributed by atoms with E-state index in [0.29, 0.717) is 21.6 Å². The van der Waals surface area contributed by atoms with Gasteiger partial charge in [-0.15, -0.1) is 0 Å². The van der Waals surface area contributed by atoms with Crippen LogP contribution in [0.1, 0.15) is 11.3 Å². The van der Waals surface area contributed by atoms with Gasteiger partial charge in [0, 0.05) is 16.9 Å². The van der Waals surface area contributed by atoms with Gasteiger partial charge in [0.15, 0.2) is 5.82 Å². The number of halogens is 2. The number of benzene rings is 1. The average Bonchev–Trinajstić information content (AvgIpc) is 2.66. The van der Waals surface area contributed by atoms with Crippen molar-refractivity contribution in [2.45, 2.75) is 13.8 Å². The van der Waals surface area contributed by atoms with Crippen molar-refractivity contribution in [1.82, 2.24) is 10.2 Å². The molecular formula is C12H12Cl2N4O. The predicted octanol–water partition coefficient (Wildman–Crippen LogP) is 3.98. The molecule has 0 atom stereocenters. The van der Waals surface area contributed by atoms with Gasteiger partial charge in [-0.25, -0.2) is 4.79 Å². The highest BCUT2D eigenvalue weighted by Gasteiger charge is 2.10. The molecule has 1 heterocycles. The Balaban J connectivity index is 2.05. The number of aromatic amines is 1. The number of aromatic nitrogens is 2. The Morgan fingerprint density at radius 1 is 1.21 bits per heavy atom. The van der Waals surface area contributed by atoms with Gasteiger partial charge >= 0.3 is 6.03 Å². The van der Waals surface area contributed by atoms with Crippen molar-refractivity contribution >= 4 is 40.7 Å². The van der Waals surface area contributed by atoms with Crippen LogP contribution in [-0.4, -0.2) is 16.2 Å². The lowest BCUT2D eigenvalue weighted by Crippen LogP contribution is -2.20. The minimum Gasteiger partial charge on any atom is -0.308 e. The van der Waals surface area contributed by atoms with Gasteiger partial charge in [-0.3, -0.25) is 10.4 Å². The van der Waals surface area contributed by atoms with Crippen molar-refractivity contribution in [1.29, 1.82) is 0 Å². The van der Waals surface area contributed by atoms with Gasteiger partial charge in [0.25, 0.3) is 0 Å². The van der Waals surface area contributed by atoms with Crippen LogP contribution in [0.5, 0.6) is 0 Å². The molecule has 7 heteroatoms. The summed E-state index contributed by atoms with van der Waals surface area (Å²) in [6, 6.07) is 4.46. The fraction of sp³-hybridized carbons (Fsp3) is 0.167. The van der Waals surface area contributed by atoms with Gasteiger partial charge in [0.2, 0.25) is 0 Å². The molecule has 0 saturated heterocycles. The summed E-state index contributed by atoms with van der Waals surface area (Å²) in [5, 5.41) is 12.9. The quantitative estimate of drug-likeness (QED) is 0.785. The maximum atomic E-state index is 11.8. The molecule has 0 aliphatic heterocycles. The van der Waals surface area contributed by atoms with Crippen molar-refractivity contribution in [3.05, 3.63) is 39.5 Å². The van der Waals surface area contributed by atoms with Crippen LogP contribution in [0.3, 0.4) is 0 Å². The zero-order valence-electron chi connectivity index (χ0n) is 10.3. The molecule has 100 valence electrons. The van der Waals surface area contributed by atoms with Crippen LogP contribution in [-0.2, 0) is 0 Å². The molecule has 0 unspecified atom stereocenters. The molecule has 0 saturated carbocycles. The third kappa shape index (κ3) is 3.19. The largest absolute Gasteiger partial charge is 0.324 e. The van der Waals surface area contributed by atoms with Gasteiger partial charge < -0.3 is 5.32 Å². The lowest BCUT2D eigenvalue weighted by molar-refractivity contribution is 0.262. The van der Waals surface area contributed by atoms with E-state index in [9.17, 15) is 4.79 Å². The maximum absolute atomic E-state index is 11.8. The number of urea groups is 1. The molecule has 5 nitrogen and oxygen atoms in total. The number of carbonyl (C=O) groups excluding carboxylic acids is 1. The second kappa shape index (κ2) is 5.50. The van der Waals surface area contributed by atoms with Crippen LogP contribution in [0.2, 0.25) is 10.0 Å². The van der Waals surface area contributed by atoms with Gasteiger partial charge in [0.1, 0.15) is 0 Å². The second-order valence-electron chi connectivity index (χ2n) is 4.03. The third-order valence-corrected chi connectivity index (χ3v) is 3.40. The average molecular weight is 299 g/mol. The molecule has 2 amide bonds. The smallest absolute Gasteiger partial charge is 0.308 e. The SMILES string of the molecule is Cc1[nH]nc(NC(=O)Nc2ccc(Cl)c(Cl)c2)c1C. The highest BCUT2D eigenvalue weighted by Crippen LogP contribution is 2.25. The summed E-state index contributed by atoms with van der Waals surface area (Å²) < 4.78 is 0. The summed E-state index contributed by atoms with van der Waals surface area (Å²) in [4.78, 5) is 11.8. The zero-order chi connectivity index (χ0) is 14.0. The monoisotopic (exact) mass is 298 g/mol. The summed E-state index contributed by atoms with van der Waals surface area (Å²) in [6.45, 7) is 3.75. The van der Waals surface area contributed by atoms with Crippen LogP contribution >= 0.6 is 23.2 Å². The number of nitrogens with one attached hydrogen (secondary N) is 3. The number of H-pyrrole nitrogens is 1. The third-order valence-electron chi connectivity index (χ3n) is 2.66. The number of anilines is 2. The summed E-state index contributed by atoms with van der Waals surface area (Å²) >= 11 is 11.7. The Hall–Kier alpha value is -1.72. The Labute approximate surface area is 120 Å². The molecule has 0 aliphatic rings. The first-order valence-electron chi connectivity index (χ1n) is 5.52. The number of hydrogen-bond donors (Lipinski definition) is 3. The highest BCUT2D eigenvalue weighted by molar-refractivity contribution is 6.42. The molecule has 0 fully saturated rings. The summed E-state index contributed by atoms with van der Waals surface area (Å²) in [6.07, 6.45) is 0. The fourth-order valence-electron chi connectivity index (χ4n) is 1.45. The van der Waals surface area contributed by atoms with Gasteiger partial charge in [0.05, 0.1) is 10.0 Å². The van der Waals surface area contributed by atoms with E-state index in [1.165, 1.54) is 0 Å². The molecule has 3 N–H and O–H groups in total. The highest BCUT2D eigenvalue weighted by atomic mass is 35.5. The van der Waals surface area contributed by atoms with E-state index in [1.54, 1.807) is 18.2 Å². The standard InChI is InChI=1S/C12H12Cl2N4O/c1-6-7(2)17-18-11(6)16-12(19)15-8-3-4-9(13)10(14)5-8/h3-5H,1-2H3,(H3,15,16,17,18,19). The summed E-state index contributed by atoms with van der Waals surface area (Å²) in [5.74, 6) is 0.495. The minimum atomic E-state index is -0.395. The van der Waals surface area contributed by atoms with Crippen LogP contribution in [0.15, 0.2) is 18.2 Å². The van der Waals surface area contributed by atoms with Crippen molar-refractivity contribution < 1.29 is 4.79 Å². The number of carbonyl (C=O) groups is 1. The molecule has 2 aromatic rings. The van der Waals surface area contributed by atoms with Crippen LogP contribution in [0.4, 0.5) is 16.3 Å². The predicted molar refractivity (Wildman–Crippen MR) is 77.2 cm³/mol. The van der Waals surface area contributed by atoms with Crippen LogP contribution < -0.4 is 10.6 Å². The van der Waals surface area contributed by atoms with Gasteiger partial charge in [-0.05, 0) is 32.0 Å². The Kier molecular flexibility index (Phi) is 3.97. The van der Waals surface area contributed by atoms with Crippen LogP contribution in [0.25, 0.3) is 0 Å². The second-order valence-corrected chi connectivity index (χ2v) is 4.84. The number of hydrogen-bond acceptors (Lipinski definition) is 2. The molecule has 0 radical (unpaired) electrons. The molecule has 0 aliphatic carbocycles. The van der Waals surface area contributed by atoms with Crippen LogP contribution in [0, 0.1) is 13.8 Å². The fourth-order valence-corrected chi connectivity index (χ4v) is 1.75. The number of nitrogens with zero attached hydrogens (tertiary/aromatic N) is 1. The molecular weight excluding hydrogens is 287 g/mol. The van der Waals surface area contributed by atoms with Gasteiger partial charge in [-0.1, -0.05) is 23.2 Å². The van der Waals surface area contributed by atoms with E-state index in [1.807, 2.05) is 13.8 Å².